The van der Waals surface area contributed by atoms with Crippen LogP contribution in [-0.4, -0.2) is 24.2 Å². The lowest BCUT2D eigenvalue weighted by Gasteiger charge is -1.92. The normalized spacial score (nSPS) is 14.6. The van der Waals surface area contributed by atoms with E-state index in [1.165, 1.54) is 19.8 Å². The molecule has 0 bridgehead atoms. The minimum absolute atomic E-state index is 0.0272. The van der Waals surface area contributed by atoms with E-state index < -0.39 is 0 Å². The first-order chi connectivity index (χ1) is 5.70. The van der Waals surface area contributed by atoms with Crippen molar-refractivity contribution in [2.45, 2.75) is 19.8 Å². The van der Waals surface area contributed by atoms with Crippen LogP contribution in [0, 0.1) is 5.92 Å². The molecular weight excluding hydrogens is 197 g/mol. The van der Waals surface area contributed by atoms with Crippen LogP contribution in [0.5, 0.6) is 0 Å². The van der Waals surface area contributed by atoms with E-state index in [0.29, 0.717) is 12.4 Å². The molecule has 1 saturated carbocycles. The fraction of sp³-hybridized carbons (Fsp3) is 0.875. The highest BCUT2D eigenvalue weighted by Gasteiger charge is 2.18. The maximum atomic E-state index is 10.0. The summed E-state index contributed by atoms with van der Waals surface area (Å²) in [6, 6.07) is 0. The molecule has 0 aromatic heterocycles. The second-order valence-corrected chi connectivity index (χ2v) is 3.46. The summed E-state index contributed by atoms with van der Waals surface area (Å²) in [6.45, 7) is 2.03. The van der Waals surface area contributed by atoms with Crippen molar-refractivity contribution in [3.8, 4) is 0 Å². The Bertz CT molecular complexity index is 126. The topological polar surface area (TPSA) is 29.1 Å². The van der Waals surface area contributed by atoms with Crippen LogP contribution < -0.4 is 5.32 Å². The zero-order valence-corrected chi connectivity index (χ0v) is 8.79. The predicted molar refractivity (Wildman–Crippen MR) is 52.8 cm³/mol. The Hall–Kier alpha value is 0.0500. The Balaban J connectivity index is 0.000000211. The van der Waals surface area contributed by atoms with Crippen molar-refractivity contribution in [3.63, 3.8) is 0 Å². The summed E-state index contributed by atoms with van der Waals surface area (Å²) >= 11 is 10.6. The van der Waals surface area contributed by atoms with Crippen LogP contribution in [0.3, 0.4) is 0 Å². The molecule has 0 heterocycles. The van der Waals surface area contributed by atoms with E-state index in [4.69, 9.17) is 23.2 Å². The van der Waals surface area contributed by atoms with Gasteiger partial charge in [-0.25, -0.2) is 0 Å². The number of hydrogen-bond acceptors (Lipinski definition) is 1. The smallest absolute Gasteiger partial charge is 0.216 e. The van der Waals surface area contributed by atoms with E-state index in [1.54, 1.807) is 0 Å². The Kier molecular flexibility index (Phi) is 7.72. The van der Waals surface area contributed by atoms with Crippen molar-refractivity contribution in [1.82, 2.24) is 5.32 Å². The average molecular weight is 212 g/mol. The Morgan fingerprint density at radius 3 is 2.17 bits per heavy atom. The van der Waals surface area contributed by atoms with Gasteiger partial charge in [0.05, 0.1) is 0 Å². The molecule has 0 radical (unpaired) electrons. The van der Waals surface area contributed by atoms with E-state index in [2.05, 4.69) is 5.32 Å². The van der Waals surface area contributed by atoms with Crippen LogP contribution >= 0.6 is 23.2 Å². The fourth-order valence-corrected chi connectivity index (χ4v) is 0.899. The molecule has 1 aliphatic carbocycles. The summed E-state index contributed by atoms with van der Waals surface area (Å²) < 4.78 is 0. The molecule has 72 valence electrons. The maximum Gasteiger partial charge on any atom is 0.216 e. The van der Waals surface area contributed by atoms with Crippen LogP contribution in [0.4, 0.5) is 0 Å². The van der Waals surface area contributed by atoms with Gasteiger partial charge in [0, 0.05) is 25.2 Å². The zero-order chi connectivity index (χ0) is 9.40. The second kappa shape index (κ2) is 7.69. The van der Waals surface area contributed by atoms with E-state index in [1.807, 2.05) is 0 Å². The van der Waals surface area contributed by atoms with Gasteiger partial charge in [-0.1, -0.05) is 0 Å². The largest absolute Gasteiger partial charge is 0.355 e. The van der Waals surface area contributed by atoms with Crippen molar-refractivity contribution >= 4 is 29.1 Å². The fourth-order valence-electron chi connectivity index (χ4n) is 0.495. The summed E-state index contributed by atoms with van der Waals surface area (Å²) in [4.78, 5) is 10.0. The number of alkyl halides is 2. The van der Waals surface area contributed by atoms with Gasteiger partial charge in [0.1, 0.15) is 0 Å². The number of carbonyl (C=O) groups is 1. The van der Waals surface area contributed by atoms with Crippen molar-refractivity contribution in [2.75, 3.05) is 18.3 Å². The summed E-state index contributed by atoms with van der Waals surface area (Å²) in [5, 5.41) is 2.52. The zero-order valence-electron chi connectivity index (χ0n) is 7.28. The highest BCUT2D eigenvalue weighted by Crippen LogP contribution is 2.29. The van der Waals surface area contributed by atoms with Gasteiger partial charge in [0.25, 0.3) is 0 Å². The molecule has 2 nitrogen and oxygen atoms in total. The first kappa shape index (κ1) is 12.0. The van der Waals surface area contributed by atoms with E-state index in [0.717, 1.165) is 11.8 Å². The van der Waals surface area contributed by atoms with E-state index in [-0.39, 0.29) is 5.91 Å². The molecule has 0 atom stereocenters. The van der Waals surface area contributed by atoms with Gasteiger partial charge in [-0.05, 0) is 18.8 Å². The summed E-state index contributed by atoms with van der Waals surface area (Å²) in [5.74, 6) is 2.25. The third-order valence-corrected chi connectivity index (χ3v) is 2.01. The predicted octanol–water partition coefficient (Wildman–Crippen LogP) is 2.00. The highest BCUT2D eigenvalue weighted by molar-refractivity contribution is 6.18. The van der Waals surface area contributed by atoms with Gasteiger partial charge in [-0.15, -0.1) is 23.2 Å². The van der Waals surface area contributed by atoms with Crippen LogP contribution in [0.1, 0.15) is 19.8 Å². The minimum atomic E-state index is -0.0272. The number of nitrogens with one attached hydrogen (secondary N) is 1. The van der Waals surface area contributed by atoms with Gasteiger partial charge in [-0.3, -0.25) is 4.79 Å². The summed E-state index contributed by atoms with van der Waals surface area (Å²) in [5.41, 5.74) is 0. The molecule has 0 aliphatic heterocycles. The SMILES string of the molecule is CC(=O)NCCCl.ClCC1CC1. The van der Waals surface area contributed by atoms with Crippen LogP contribution in [0.15, 0.2) is 0 Å². The number of hydrogen-bond donors (Lipinski definition) is 1. The molecule has 1 amide bonds. The molecule has 0 unspecified atom stereocenters. The van der Waals surface area contributed by atoms with Crippen molar-refractivity contribution in [2.24, 2.45) is 5.92 Å². The lowest BCUT2D eigenvalue weighted by Crippen LogP contribution is -2.21. The lowest BCUT2D eigenvalue weighted by atomic mass is 10.5. The van der Waals surface area contributed by atoms with Crippen LogP contribution in [0.25, 0.3) is 0 Å². The van der Waals surface area contributed by atoms with E-state index in [9.17, 15) is 4.79 Å². The number of carbonyl (C=O) groups excluding carboxylic acids is 1. The van der Waals surface area contributed by atoms with Crippen molar-refractivity contribution in [1.29, 1.82) is 0 Å². The molecule has 0 saturated heterocycles. The Morgan fingerprint density at radius 2 is 2.08 bits per heavy atom. The summed E-state index contributed by atoms with van der Waals surface area (Å²) in [6.07, 6.45) is 2.76. The number of halogens is 2. The molecule has 0 aromatic rings. The van der Waals surface area contributed by atoms with Gasteiger partial charge >= 0.3 is 0 Å². The second-order valence-electron chi connectivity index (χ2n) is 2.77. The number of amides is 1. The maximum absolute atomic E-state index is 10.0. The summed E-state index contributed by atoms with van der Waals surface area (Å²) in [7, 11) is 0. The van der Waals surface area contributed by atoms with Gasteiger partial charge in [-0.2, -0.15) is 0 Å². The third-order valence-electron chi connectivity index (χ3n) is 1.38. The van der Waals surface area contributed by atoms with Gasteiger partial charge in [0.15, 0.2) is 0 Å². The molecular formula is C8H15Cl2NO. The molecule has 4 heteroatoms. The van der Waals surface area contributed by atoms with Crippen LogP contribution in [0.2, 0.25) is 0 Å². The monoisotopic (exact) mass is 211 g/mol. The Morgan fingerprint density at radius 1 is 1.50 bits per heavy atom. The van der Waals surface area contributed by atoms with Gasteiger partial charge in [0.2, 0.25) is 5.91 Å². The number of rotatable bonds is 3. The molecule has 0 spiro atoms. The quantitative estimate of drug-likeness (QED) is 0.712. The van der Waals surface area contributed by atoms with Crippen LogP contribution in [-0.2, 0) is 4.79 Å². The van der Waals surface area contributed by atoms with Gasteiger partial charge < -0.3 is 5.32 Å². The van der Waals surface area contributed by atoms with Crippen molar-refractivity contribution < 1.29 is 4.79 Å². The molecule has 1 aliphatic rings. The lowest BCUT2D eigenvalue weighted by molar-refractivity contribution is -0.118. The Labute approximate surface area is 83.6 Å². The standard InChI is InChI=1S/C4H8ClNO.C4H7Cl/c1-4(7)6-3-2-5;5-3-4-1-2-4/h2-3H2,1H3,(H,6,7);4H,1-3H2. The van der Waals surface area contributed by atoms with E-state index >= 15 is 0 Å². The minimum Gasteiger partial charge on any atom is -0.355 e. The molecule has 1 fully saturated rings. The molecule has 0 aromatic carbocycles. The highest BCUT2D eigenvalue weighted by atomic mass is 35.5. The van der Waals surface area contributed by atoms with Crippen molar-refractivity contribution in [3.05, 3.63) is 0 Å². The first-order valence-electron chi connectivity index (χ1n) is 4.07. The average Bonchev–Trinajstić information content (AvgIpc) is 2.84. The first-order valence-corrected chi connectivity index (χ1v) is 5.14. The third kappa shape index (κ3) is 10.0. The molecule has 1 rings (SSSR count). The molecule has 12 heavy (non-hydrogen) atoms. The molecule has 1 N–H and O–H groups in total.